The highest BCUT2D eigenvalue weighted by Gasteiger charge is 2.33. The van der Waals surface area contributed by atoms with Gasteiger partial charge < -0.3 is 35.3 Å². The number of nitrogens with one attached hydrogen (secondary N) is 3. The second kappa shape index (κ2) is 12.4. The Morgan fingerprint density at radius 2 is 1.68 bits per heavy atom. The fourth-order valence-electron chi connectivity index (χ4n) is 3.73. The van der Waals surface area contributed by atoms with E-state index in [0.29, 0.717) is 19.3 Å². The summed E-state index contributed by atoms with van der Waals surface area (Å²) in [5, 5.41) is 17.3. The van der Waals surface area contributed by atoms with Crippen molar-refractivity contribution in [3.63, 3.8) is 0 Å². The van der Waals surface area contributed by atoms with Crippen LogP contribution in [0.25, 0.3) is 0 Å². The quantitative estimate of drug-likeness (QED) is 0.260. The monoisotopic (exact) mass is 567 g/mol. The Labute approximate surface area is 218 Å². The van der Waals surface area contributed by atoms with Gasteiger partial charge in [0.1, 0.15) is 23.4 Å². The number of amides is 1. The lowest BCUT2D eigenvalue weighted by Gasteiger charge is -2.19. The van der Waals surface area contributed by atoms with Gasteiger partial charge in [-0.05, 0) is 55.4 Å². The highest BCUT2D eigenvalue weighted by Crippen LogP contribution is 2.32. The first-order valence-corrected chi connectivity index (χ1v) is 11.6. The zero-order valence-electron chi connectivity index (χ0n) is 19.5. The molecule has 1 aliphatic carbocycles. The molecule has 1 fully saturated rings. The Morgan fingerprint density at radius 3 is 2.34 bits per heavy atom. The van der Waals surface area contributed by atoms with Gasteiger partial charge in [0.15, 0.2) is 5.11 Å². The molecule has 2 aromatic carbocycles. The van der Waals surface area contributed by atoms with Crippen LogP contribution in [0.15, 0.2) is 42.5 Å². The van der Waals surface area contributed by atoms with Crippen molar-refractivity contribution in [2.45, 2.75) is 44.1 Å². The highest BCUT2D eigenvalue weighted by molar-refractivity contribution is 7.80. The topological polar surface area (TPSA) is 101 Å². The van der Waals surface area contributed by atoms with E-state index in [-0.39, 0.29) is 41.3 Å². The Balaban J connectivity index is 1.60. The van der Waals surface area contributed by atoms with Gasteiger partial charge in [-0.3, -0.25) is 4.79 Å². The van der Waals surface area contributed by atoms with Gasteiger partial charge in [0.25, 0.3) is 5.91 Å². The molecular weight excluding hydrogens is 544 g/mol. The van der Waals surface area contributed by atoms with E-state index < -0.39 is 36.2 Å². The first kappa shape index (κ1) is 29.1. The number of anilines is 1. The normalized spacial score (nSPS) is 17.4. The summed E-state index contributed by atoms with van der Waals surface area (Å²) in [7, 11) is 0. The zero-order chi connectivity index (χ0) is 27.9. The molecular formula is C23H23F6N3O5S. The third-order valence-corrected chi connectivity index (χ3v) is 5.39. The largest absolute Gasteiger partial charge is 0.573 e. The molecule has 2 unspecified atom stereocenters. The second-order valence-corrected chi connectivity index (χ2v) is 8.52. The van der Waals surface area contributed by atoms with Gasteiger partial charge in [-0.25, -0.2) is 0 Å². The van der Waals surface area contributed by atoms with Crippen LogP contribution < -0.4 is 30.2 Å². The van der Waals surface area contributed by atoms with Gasteiger partial charge in [0, 0.05) is 30.8 Å². The third-order valence-electron chi connectivity index (χ3n) is 5.17. The molecule has 2 aromatic rings. The Kier molecular flexibility index (Phi) is 9.49. The number of thiocarbonyl (C=S) groups is 1. The standard InChI is InChI=1S/C23H23F6N3O5S/c24-22(25,26)36-16-3-1-2-13(11-16)31-21(38)32-14-4-5-15(10-14)35-19-7-6-17(37-23(27,28)29)12-18(19)20(34)30-8-9-33/h1-3,6-7,11-12,14-15,33H,4-5,8-10H2,(H,30,34)(H2,31,32,38). The van der Waals surface area contributed by atoms with Crippen LogP contribution in [0.5, 0.6) is 17.2 Å². The lowest BCUT2D eigenvalue weighted by molar-refractivity contribution is -0.275. The zero-order valence-corrected chi connectivity index (χ0v) is 20.3. The molecule has 2 atom stereocenters. The van der Waals surface area contributed by atoms with Crippen molar-refractivity contribution in [1.29, 1.82) is 0 Å². The molecule has 0 heterocycles. The van der Waals surface area contributed by atoms with Crippen LogP contribution in [-0.4, -0.2) is 54.1 Å². The molecule has 4 N–H and O–H groups in total. The van der Waals surface area contributed by atoms with Gasteiger partial charge in [-0.15, -0.1) is 26.3 Å². The van der Waals surface area contributed by atoms with Crippen LogP contribution in [0.3, 0.4) is 0 Å². The average Bonchev–Trinajstić information content (AvgIpc) is 3.23. The van der Waals surface area contributed by atoms with Crippen LogP contribution >= 0.6 is 12.2 Å². The maximum absolute atomic E-state index is 12.6. The number of benzene rings is 2. The molecule has 1 amide bonds. The van der Waals surface area contributed by atoms with E-state index in [2.05, 4.69) is 25.4 Å². The lowest BCUT2D eigenvalue weighted by Crippen LogP contribution is -2.36. The molecule has 0 aromatic heterocycles. The number of aliphatic hydroxyl groups excluding tert-OH is 1. The van der Waals surface area contributed by atoms with E-state index >= 15 is 0 Å². The third kappa shape index (κ3) is 9.45. The molecule has 208 valence electrons. The fourth-order valence-corrected chi connectivity index (χ4v) is 4.02. The van der Waals surface area contributed by atoms with Crippen LogP contribution in [-0.2, 0) is 0 Å². The molecule has 0 bridgehead atoms. The summed E-state index contributed by atoms with van der Waals surface area (Å²) in [5.41, 5.74) is 0.0736. The number of hydrogen-bond donors (Lipinski definition) is 4. The van der Waals surface area contributed by atoms with Crippen LogP contribution in [0.2, 0.25) is 0 Å². The van der Waals surface area contributed by atoms with E-state index in [9.17, 15) is 31.1 Å². The number of carbonyl (C=O) groups is 1. The molecule has 0 radical (unpaired) electrons. The van der Waals surface area contributed by atoms with E-state index in [1.807, 2.05) is 0 Å². The number of halogens is 6. The minimum atomic E-state index is -4.95. The van der Waals surface area contributed by atoms with Crippen molar-refractivity contribution in [3.05, 3.63) is 48.0 Å². The van der Waals surface area contributed by atoms with Gasteiger partial charge in [0.2, 0.25) is 0 Å². The molecule has 1 saturated carbocycles. The Bertz CT molecular complexity index is 1130. The fraction of sp³-hybridized carbons (Fsp3) is 0.391. The number of aliphatic hydroxyl groups is 1. The van der Waals surface area contributed by atoms with Gasteiger partial charge in [-0.2, -0.15) is 0 Å². The summed E-state index contributed by atoms with van der Waals surface area (Å²) in [6.07, 6.45) is -8.68. The molecule has 38 heavy (non-hydrogen) atoms. The molecule has 8 nitrogen and oxygen atoms in total. The Morgan fingerprint density at radius 1 is 1.00 bits per heavy atom. The summed E-state index contributed by atoms with van der Waals surface area (Å²) >= 11 is 5.24. The predicted molar refractivity (Wildman–Crippen MR) is 127 cm³/mol. The highest BCUT2D eigenvalue weighted by atomic mass is 32.1. The van der Waals surface area contributed by atoms with Crippen LogP contribution in [0.4, 0.5) is 32.0 Å². The van der Waals surface area contributed by atoms with Crippen molar-refractivity contribution < 1.29 is 50.5 Å². The molecule has 0 aliphatic heterocycles. The lowest BCUT2D eigenvalue weighted by atomic mass is 10.1. The maximum Gasteiger partial charge on any atom is 0.573 e. The number of alkyl halides is 6. The van der Waals surface area contributed by atoms with Crippen molar-refractivity contribution in [1.82, 2.24) is 10.6 Å². The summed E-state index contributed by atoms with van der Waals surface area (Å²) in [6.45, 7) is -0.488. The predicted octanol–water partition coefficient (Wildman–Crippen LogP) is 4.49. The molecule has 1 aliphatic rings. The van der Waals surface area contributed by atoms with Gasteiger partial charge in [0.05, 0.1) is 12.2 Å². The number of hydrogen-bond acceptors (Lipinski definition) is 6. The first-order valence-electron chi connectivity index (χ1n) is 11.2. The molecule has 15 heteroatoms. The number of carbonyl (C=O) groups excluding carboxylic acids is 1. The summed E-state index contributed by atoms with van der Waals surface area (Å²) in [6, 6.07) is 8.08. The molecule has 0 spiro atoms. The summed E-state index contributed by atoms with van der Waals surface area (Å²) in [5.74, 6) is -1.74. The van der Waals surface area contributed by atoms with Crippen molar-refractivity contribution in [2.24, 2.45) is 0 Å². The van der Waals surface area contributed by atoms with Crippen molar-refractivity contribution in [2.75, 3.05) is 18.5 Å². The minimum absolute atomic E-state index is 0.0304. The minimum Gasteiger partial charge on any atom is -0.490 e. The maximum atomic E-state index is 12.6. The van der Waals surface area contributed by atoms with Gasteiger partial charge >= 0.3 is 12.7 Å². The SMILES string of the molecule is O=C(NCCO)c1cc(OC(F)(F)F)ccc1OC1CCC(NC(=S)Nc2cccc(OC(F)(F)F)c2)C1. The van der Waals surface area contributed by atoms with E-state index in [1.54, 1.807) is 0 Å². The second-order valence-electron chi connectivity index (χ2n) is 8.11. The molecule has 0 saturated heterocycles. The summed E-state index contributed by atoms with van der Waals surface area (Å²) in [4.78, 5) is 12.5. The Hall–Kier alpha value is -3.46. The molecule has 3 rings (SSSR count). The van der Waals surface area contributed by atoms with E-state index in [1.165, 1.54) is 18.2 Å². The summed E-state index contributed by atoms with van der Waals surface area (Å²) < 4.78 is 88.8. The smallest absolute Gasteiger partial charge is 0.490 e. The average molecular weight is 568 g/mol. The van der Waals surface area contributed by atoms with Crippen LogP contribution in [0.1, 0.15) is 29.6 Å². The number of ether oxygens (including phenoxy) is 3. The van der Waals surface area contributed by atoms with E-state index in [4.69, 9.17) is 22.1 Å². The number of rotatable bonds is 9. The van der Waals surface area contributed by atoms with Crippen LogP contribution in [0, 0.1) is 0 Å². The van der Waals surface area contributed by atoms with Gasteiger partial charge in [-0.1, -0.05) is 6.07 Å². The van der Waals surface area contributed by atoms with Crippen molar-refractivity contribution >= 4 is 28.9 Å². The van der Waals surface area contributed by atoms with Crippen molar-refractivity contribution in [3.8, 4) is 17.2 Å². The first-order chi connectivity index (χ1) is 17.8. The van der Waals surface area contributed by atoms with E-state index in [0.717, 1.165) is 24.3 Å².